The molecule has 2 aliphatic rings. The van der Waals surface area contributed by atoms with E-state index in [4.69, 9.17) is 10.5 Å². The number of nitriles is 2. The third-order valence-electron chi connectivity index (χ3n) is 5.01. The molecule has 1 fully saturated rings. The zero-order valence-electron chi connectivity index (χ0n) is 11.1. The largest absolute Gasteiger partial charge is 0.481 e. The molecule has 6 nitrogen and oxygen atoms in total. The zero-order valence-corrected chi connectivity index (χ0v) is 11.1. The average Bonchev–Trinajstić information content (AvgIpc) is 2.80. The van der Waals surface area contributed by atoms with Gasteiger partial charge in [0.05, 0.1) is 11.4 Å². The van der Waals surface area contributed by atoms with Crippen molar-refractivity contribution in [3.63, 3.8) is 0 Å². The summed E-state index contributed by atoms with van der Waals surface area (Å²) in [6.45, 7) is 3.81. The third-order valence-corrected chi connectivity index (χ3v) is 5.01. The second-order valence-electron chi connectivity index (χ2n) is 5.90. The minimum absolute atomic E-state index is 0.0184. The van der Waals surface area contributed by atoms with Crippen molar-refractivity contribution in [1.29, 1.82) is 10.5 Å². The van der Waals surface area contributed by atoms with Crippen LogP contribution in [-0.2, 0) is 10.2 Å². The Bertz CT molecular complexity index is 726. The molecule has 0 saturated heterocycles. The van der Waals surface area contributed by atoms with Gasteiger partial charge in [-0.25, -0.2) is 9.97 Å². The van der Waals surface area contributed by atoms with Crippen molar-refractivity contribution in [2.75, 3.05) is 0 Å². The molecule has 100 valence electrons. The normalized spacial score (nSPS) is 28.5. The molecule has 0 amide bonds. The molecular weight excluding hydrogens is 256 g/mol. The molecule has 0 aromatic carbocycles. The monoisotopic (exact) mass is 268 g/mol. The topological polar surface area (TPSA) is 111 Å². The highest BCUT2D eigenvalue weighted by molar-refractivity contribution is 5.85. The van der Waals surface area contributed by atoms with Crippen molar-refractivity contribution in [3.05, 3.63) is 22.8 Å². The standard InChI is InChI=1S/C14H12N4O2/c1-13(2)7-3-4-14(13,12(19)20)11-10(7)17-8(5-15)9(6-16)18-11/h7H,3-4H2,1-2H3,(H,19,20)/t7-,14-/m0/s1. The van der Waals surface area contributed by atoms with Gasteiger partial charge in [-0.15, -0.1) is 0 Å². The summed E-state index contributed by atoms with van der Waals surface area (Å²) in [5.41, 5.74) is -0.756. The molecule has 2 atom stereocenters. The van der Waals surface area contributed by atoms with E-state index in [-0.39, 0.29) is 17.3 Å². The Hall–Kier alpha value is -2.47. The molecule has 0 unspecified atom stereocenters. The van der Waals surface area contributed by atoms with Gasteiger partial charge in [-0.1, -0.05) is 13.8 Å². The van der Waals surface area contributed by atoms with Gasteiger partial charge in [0.25, 0.3) is 0 Å². The first-order valence-corrected chi connectivity index (χ1v) is 6.36. The van der Waals surface area contributed by atoms with Gasteiger partial charge < -0.3 is 5.11 Å². The van der Waals surface area contributed by atoms with E-state index in [0.29, 0.717) is 17.8 Å². The fraction of sp³-hybridized carbons (Fsp3) is 0.500. The minimum Gasteiger partial charge on any atom is -0.481 e. The number of carbonyl (C=O) groups is 1. The van der Waals surface area contributed by atoms with Crippen molar-refractivity contribution >= 4 is 5.97 Å². The molecule has 2 aliphatic carbocycles. The van der Waals surface area contributed by atoms with Gasteiger partial charge in [0.2, 0.25) is 0 Å². The lowest BCUT2D eigenvalue weighted by molar-refractivity contribution is -0.147. The predicted molar refractivity (Wildman–Crippen MR) is 66.5 cm³/mol. The molecule has 1 saturated carbocycles. The molecule has 6 heteroatoms. The number of carboxylic acid groups (broad SMARTS) is 1. The van der Waals surface area contributed by atoms with Crippen LogP contribution in [0.25, 0.3) is 0 Å². The third kappa shape index (κ3) is 1.10. The van der Waals surface area contributed by atoms with E-state index in [0.717, 1.165) is 6.42 Å². The maximum absolute atomic E-state index is 11.9. The number of rotatable bonds is 1. The molecule has 2 bridgehead atoms. The van der Waals surface area contributed by atoms with Crippen LogP contribution in [0.2, 0.25) is 0 Å². The maximum Gasteiger partial charge on any atom is 0.316 e. The van der Waals surface area contributed by atoms with Crippen LogP contribution in [-0.4, -0.2) is 21.0 Å². The molecule has 0 spiro atoms. The Kier molecular flexibility index (Phi) is 2.23. The van der Waals surface area contributed by atoms with Crippen LogP contribution in [0.5, 0.6) is 0 Å². The first-order chi connectivity index (χ1) is 9.40. The van der Waals surface area contributed by atoms with E-state index in [1.807, 2.05) is 26.0 Å². The molecule has 0 radical (unpaired) electrons. The van der Waals surface area contributed by atoms with E-state index in [1.54, 1.807) is 0 Å². The van der Waals surface area contributed by atoms with Crippen LogP contribution < -0.4 is 0 Å². The predicted octanol–water partition coefficient (Wildman–Crippen LogP) is 1.46. The van der Waals surface area contributed by atoms with E-state index >= 15 is 0 Å². The molecule has 0 aliphatic heterocycles. The van der Waals surface area contributed by atoms with Crippen molar-refractivity contribution in [1.82, 2.24) is 9.97 Å². The van der Waals surface area contributed by atoms with Crippen LogP contribution in [0.4, 0.5) is 0 Å². The van der Waals surface area contributed by atoms with Gasteiger partial charge in [-0.05, 0) is 18.3 Å². The Morgan fingerprint density at radius 2 is 1.90 bits per heavy atom. The summed E-state index contributed by atoms with van der Waals surface area (Å²) >= 11 is 0. The minimum atomic E-state index is -1.10. The number of nitrogens with zero attached hydrogens (tertiary/aromatic N) is 4. The molecule has 1 aromatic heterocycles. The lowest BCUT2D eigenvalue weighted by atomic mass is 9.68. The summed E-state index contributed by atoms with van der Waals surface area (Å²) in [6, 6.07) is 3.69. The van der Waals surface area contributed by atoms with Crippen molar-refractivity contribution in [2.24, 2.45) is 5.41 Å². The number of fused-ring (bicyclic) bond motifs is 5. The van der Waals surface area contributed by atoms with E-state index in [1.165, 1.54) is 0 Å². The summed E-state index contributed by atoms with van der Waals surface area (Å²) in [7, 11) is 0. The van der Waals surface area contributed by atoms with Gasteiger partial charge in [0, 0.05) is 5.92 Å². The smallest absolute Gasteiger partial charge is 0.316 e. The van der Waals surface area contributed by atoms with E-state index in [2.05, 4.69) is 9.97 Å². The number of aromatic nitrogens is 2. The SMILES string of the molecule is CC1(C)[C@H]2CC[C@@]1(C(=O)O)c1nc(C#N)c(C#N)nc12. The van der Waals surface area contributed by atoms with Crippen LogP contribution in [0.3, 0.4) is 0 Å². The van der Waals surface area contributed by atoms with Gasteiger partial charge in [-0.3, -0.25) is 4.79 Å². The molecule has 3 rings (SSSR count). The van der Waals surface area contributed by atoms with Gasteiger partial charge in [0.15, 0.2) is 11.4 Å². The zero-order chi connectivity index (χ0) is 14.7. The van der Waals surface area contributed by atoms with Gasteiger partial charge in [0.1, 0.15) is 17.6 Å². The maximum atomic E-state index is 11.9. The van der Waals surface area contributed by atoms with Gasteiger partial charge in [-0.2, -0.15) is 10.5 Å². The van der Waals surface area contributed by atoms with Crippen molar-refractivity contribution in [3.8, 4) is 12.1 Å². The second-order valence-corrected chi connectivity index (χ2v) is 5.90. The Morgan fingerprint density at radius 3 is 2.45 bits per heavy atom. The fourth-order valence-electron chi connectivity index (χ4n) is 3.89. The Morgan fingerprint density at radius 1 is 1.30 bits per heavy atom. The molecule has 1 heterocycles. The quantitative estimate of drug-likeness (QED) is 0.825. The highest BCUT2D eigenvalue weighted by Crippen LogP contribution is 2.66. The first kappa shape index (κ1) is 12.6. The van der Waals surface area contributed by atoms with Gasteiger partial charge >= 0.3 is 5.97 Å². The number of aliphatic carboxylic acids is 1. The fourth-order valence-corrected chi connectivity index (χ4v) is 3.89. The molecule has 20 heavy (non-hydrogen) atoms. The number of hydrogen-bond donors (Lipinski definition) is 1. The summed E-state index contributed by atoms with van der Waals surface area (Å²) in [5, 5.41) is 27.8. The van der Waals surface area contributed by atoms with Crippen LogP contribution >= 0.6 is 0 Å². The Labute approximate surface area is 115 Å². The Balaban J connectivity index is 2.37. The summed E-state index contributed by atoms with van der Waals surface area (Å²) in [6.07, 6.45) is 1.22. The average molecular weight is 268 g/mol. The van der Waals surface area contributed by atoms with E-state index < -0.39 is 16.8 Å². The van der Waals surface area contributed by atoms with E-state index in [9.17, 15) is 9.90 Å². The number of carboxylic acids is 1. The van der Waals surface area contributed by atoms with Crippen LogP contribution in [0.1, 0.15) is 55.4 Å². The summed E-state index contributed by atoms with van der Waals surface area (Å²) < 4.78 is 0. The summed E-state index contributed by atoms with van der Waals surface area (Å²) in [4.78, 5) is 20.3. The second kappa shape index (κ2) is 3.55. The highest BCUT2D eigenvalue weighted by Gasteiger charge is 2.68. The molecule has 1 aromatic rings. The van der Waals surface area contributed by atoms with Crippen molar-refractivity contribution in [2.45, 2.75) is 38.0 Å². The first-order valence-electron chi connectivity index (χ1n) is 6.36. The lowest BCUT2D eigenvalue weighted by Crippen LogP contribution is -2.43. The highest BCUT2D eigenvalue weighted by atomic mass is 16.4. The number of hydrogen-bond acceptors (Lipinski definition) is 5. The molecular formula is C14H12N4O2. The lowest BCUT2D eigenvalue weighted by Gasteiger charge is -2.33. The summed E-state index contributed by atoms with van der Waals surface area (Å²) in [5.74, 6) is -0.951. The van der Waals surface area contributed by atoms with Crippen LogP contribution in [0.15, 0.2) is 0 Å². The van der Waals surface area contributed by atoms with Crippen molar-refractivity contribution < 1.29 is 9.90 Å². The van der Waals surface area contributed by atoms with Crippen LogP contribution in [0, 0.1) is 28.1 Å². The molecule has 1 N–H and O–H groups in total.